The van der Waals surface area contributed by atoms with Gasteiger partial charge in [-0.05, 0) is 55.5 Å². The van der Waals surface area contributed by atoms with Gasteiger partial charge in [0, 0.05) is 18.7 Å². The number of halogens is 1. The van der Waals surface area contributed by atoms with E-state index in [0.717, 1.165) is 30.4 Å². The van der Waals surface area contributed by atoms with Crippen LogP contribution in [-0.2, 0) is 20.7 Å². The maximum absolute atomic E-state index is 13.2. The summed E-state index contributed by atoms with van der Waals surface area (Å²) < 4.78 is 11.3. The fourth-order valence-corrected chi connectivity index (χ4v) is 4.65. The molecule has 0 spiro atoms. The number of aliphatic hydroxyl groups is 1. The maximum atomic E-state index is 13.2. The molecule has 2 unspecified atom stereocenters. The highest BCUT2D eigenvalue weighted by Gasteiger charge is 2.47. The largest absolute Gasteiger partial charge is 0.507 e. The van der Waals surface area contributed by atoms with Crippen LogP contribution in [0.4, 0.5) is 0 Å². The standard InChI is InChI=1S/C26H28ClNO5/c1-3-16-7-9-17(10-8-16)23-22(24(29)20-14-18(32-4-2)11-12-21(20)27)25(30)26(31)28(23)15-19-6-5-13-33-19/h7-12,14,19,23,29H,3-6,13,15H2,1-2H3/b24-22+. The van der Waals surface area contributed by atoms with Crippen LogP contribution in [-0.4, -0.2) is 47.6 Å². The second kappa shape index (κ2) is 9.98. The van der Waals surface area contributed by atoms with Crippen LogP contribution in [0.15, 0.2) is 48.0 Å². The number of amides is 1. The van der Waals surface area contributed by atoms with Crippen molar-refractivity contribution in [3.8, 4) is 5.75 Å². The molecule has 2 fully saturated rings. The molecule has 0 aromatic heterocycles. The number of nitrogens with zero attached hydrogens (tertiary/aromatic N) is 1. The number of carbonyl (C=O) groups excluding carboxylic acids is 2. The number of ketones is 1. The predicted octanol–water partition coefficient (Wildman–Crippen LogP) is 4.90. The Bertz CT molecular complexity index is 1070. The monoisotopic (exact) mass is 469 g/mol. The van der Waals surface area contributed by atoms with Gasteiger partial charge in [-0.3, -0.25) is 9.59 Å². The SMILES string of the molecule is CCOc1ccc(Cl)c(/C(O)=C2\C(=O)C(=O)N(CC3CCCO3)C2c2ccc(CC)cc2)c1. The van der Waals surface area contributed by atoms with Gasteiger partial charge >= 0.3 is 0 Å². The normalized spacial score (nSPS) is 22.2. The Balaban J connectivity index is 1.83. The highest BCUT2D eigenvalue weighted by molar-refractivity contribution is 6.47. The summed E-state index contributed by atoms with van der Waals surface area (Å²) in [6, 6.07) is 11.9. The van der Waals surface area contributed by atoms with Crippen LogP contribution in [0.5, 0.6) is 5.75 Å². The van der Waals surface area contributed by atoms with Crippen molar-refractivity contribution in [1.29, 1.82) is 0 Å². The topological polar surface area (TPSA) is 76.1 Å². The maximum Gasteiger partial charge on any atom is 0.295 e. The number of benzene rings is 2. The summed E-state index contributed by atoms with van der Waals surface area (Å²) in [7, 11) is 0. The molecular formula is C26H28ClNO5. The lowest BCUT2D eigenvalue weighted by atomic mass is 9.94. The van der Waals surface area contributed by atoms with Crippen molar-refractivity contribution in [3.05, 3.63) is 69.8 Å². The summed E-state index contributed by atoms with van der Waals surface area (Å²) in [5, 5.41) is 11.6. The molecule has 1 N–H and O–H groups in total. The third-order valence-electron chi connectivity index (χ3n) is 6.17. The highest BCUT2D eigenvalue weighted by atomic mass is 35.5. The molecule has 2 saturated heterocycles. The highest BCUT2D eigenvalue weighted by Crippen LogP contribution is 2.41. The second-order valence-electron chi connectivity index (χ2n) is 8.26. The minimum absolute atomic E-state index is 0.0257. The molecule has 6 nitrogen and oxygen atoms in total. The second-order valence-corrected chi connectivity index (χ2v) is 8.66. The zero-order chi connectivity index (χ0) is 23.5. The molecular weight excluding hydrogens is 442 g/mol. The van der Waals surface area contributed by atoms with E-state index in [2.05, 4.69) is 6.92 Å². The van der Waals surface area contributed by atoms with E-state index < -0.39 is 17.7 Å². The van der Waals surface area contributed by atoms with Crippen LogP contribution >= 0.6 is 11.6 Å². The Hall–Kier alpha value is -2.83. The summed E-state index contributed by atoms with van der Waals surface area (Å²) in [5.74, 6) is -1.16. The molecule has 2 heterocycles. The van der Waals surface area contributed by atoms with E-state index in [4.69, 9.17) is 21.1 Å². The average molecular weight is 470 g/mol. The van der Waals surface area contributed by atoms with Crippen LogP contribution < -0.4 is 4.74 Å². The van der Waals surface area contributed by atoms with Crippen molar-refractivity contribution >= 4 is 29.1 Å². The van der Waals surface area contributed by atoms with Crippen molar-refractivity contribution in [3.63, 3.8) is 0 Å². The summed E-state index contributed by atoms with van der Waals surface area (Å²) in [6.07, 6.45) is 2.48. The number of hydrogen-bond acceptors (Lipinski definition) is 5. The number of aryl methyl sites for hydroxylation is 1. The molecule has 0 radical (unpaired) electrons. The molecule has 0 aliphatic carbocycles. The van der Waals surface area contributed by atoms with Crippen LogP contribution in [0.3, 0.4) is 0 Å². The molecule has 33 heavy (non-hydrogen) atoms. The molecule has 174 valence electrons. The van der Waals surface area contributed by atoms with Gasteiger partial charge in [0.05, 0.1) is 29.3 Å². The van der Waals surface area contributed by atoms with Crippen LogP contribution in [0.25, 0.3) is 5.76 Å². The van der Waals surface area contributed by atoms with Gasteiger partial charge in [-0.25, -0.2) is 0 Å². The van der Waals surface area contributed by atoms with Gasteiger partial charge in [0.25, 0.3) is 11.7 Å². The Morgan fingerprint density at radius 2 is 1.94 bits per heavy atom. The van der Waals surface area contributed by atoms with Crippen LogP contribution in [0.1, 0.15) is 49.4 Å². The number of ether oxygens (including phenoxy) is 2. The fraction of sp³-hybridized carbons (Fsp3) is 0.385. The molecule has 2 atom stereocenters. The smallest absolute Gasteiger partial charge is 0.295 e. The van der Waals surface area contributed by atoms with Crippen LogP contribution in [0.2, 0.25) is 5.02 Å². The van der Waals surface area contributed by atoms with E-state index in [1.54, 1.807) is 18.2 Å². The molecule has 7 heteroatoms. The van der Waals surface area contributed by atoms with Gasteiger partial charge in [0.1, 0.15) is 11.5 Å². The Morgan fingerprint density at radius 3 is 2.58 bits per heavy atom. The number of likely N-dealkylation sites (tertiary alicyclic amines) is 1. The summed E-state index contributed by atoms with van der Waals surface area (Å²) >= 11 is 6.38. The van der Waals surface area contributed by atoms with Gasteiger partial charge in [-0.2, -0.15) is 0 Å². The number of Topliss-reactive ketones (excluding diaryl/α,β-unsaturated/α-hetero) is 1. The molecule has 2 aliphatic rings. The fourth-order valence-electron chi connectivity index (χ4n) is 4.45. The average Bonchev–Trinajstić information content (AvgIpc) is 3.42. The number of rotatable bonds is 7. The van der Waals surface area contributed by atoms with E-state index in [0.29, 0.717) is 19.0 Å². The van der Waals surface area contributed by atoms with Gasteiger partial charge in [-0.15, -0.1) is 0 Å². The zero-order valence-corrected chi connectivity index (χ0v) is 19.6. The van der Waals surface area contributed by atoms with Crippen molar-refractivity contribution in [2.75, 3.05) is 19.8 Å². The Morgan fingerprint density at radius 1 is 1.18 bits per heavy atom. The molecule has 0 bridgehead atoms. The third-order valence-corrected chi connectivity index (χ3v) is 6.50. The van der Waals surface area contributed by atoms with Crippen molar-refractivity contribution in [2.45, 2.75) is 45.3 Å². The molecule has 1 amide bonds. The Kier molecular flexibility index (Phi) is 7.05. The zero-order valence-electron chi connectivity index (χ0n) is 18.8. The first-order chi connectivity index (χ1) is 15.9. The van der Waals surface area contributed by atoms with E-state index in [-0.39, 0.29) is 34.6 Å². The van der Waals surface area contributed by atoms with Gasteiger partial charge in [0.15, 0.2) is 0 Å². The number of carbonyl (C=O) groups is 2. The van der Waals surface area contributed by atoms with Crippen molar-refractivity contribution in [1.82, 2.24) is 4.90 Å². The molecule has 2 aliphatic heterocycles. The first-order valence-electron chi connectivity index (χ1n) is 11.4. The minimum atomic E-state index is -0.730. The Labute approximate surface area is 198 Å². The predicted molar refractivity (Wildman–Crippen MR) is 126 cm³/mol. The first-order valence-corrected chi connectivity index (χ1v) is 11.7. The molecule has 2 aromatic rings. The number of aliphatic hydroxyl groups excluding tert-OH is 1. The number of hydrogen-bond donors (Lipinski definition) is 1. The van der Waals surface area contributed by atoms with E-state index in [1.165, 1.54) is 4.90 Å². The lowest BCUT2D eigenvalue weighted by Crippen LogP contribution is -2.36. The minimum Gasteiger partial charge on any atom is -0.507 e. The van der Waals surface area contributed by atoms with Crippen molar-refractivity contribution in [2.24, 2.45) is 0 Å². The quantitative estimate of drug-likeness (QED) is 0.354. The van der Waals surface area contributed by atoms with E-state index in [9.17, 15) is 14.7 Å². The summed E-state index contributed by atoms with van der Waals surface area (Å²) in [6.45, 7) is 5.28. The molecule has 4 rings (SSSR count). The van der Waals surface area contributed by atoms with Crippen molar-refractivity contribution < 1.29 is 24.2 Å². The van der Waals surface area contributed by atoms with Gasteiger partial charge in [0.2, 0.25) is 0 Å². The lowest BCUT2D eigenvalue weighted by molar-refractivity contribution is -0.140. The van der Waals surface area contributed by atoms with Gasteiger partial charge in [-0.1, -0.05) is 42.8 Å². The summed E-state index contributed by atoms with van der Waals surface area (Å²) in [4.78, 5) is 27.8. The summed E-state index contributed by atoms with van der Waals surface area (Å²) in [5.41, 5.74) is 2.18. The van der Waals surface area contributed by atoms with Gasteiger partial charge < -0.3 is 19.5 Å². The van der Waals surface area contributed by atoms with E-state index in [1.807, 2.05) is 31.2 Å². The molecule has 0 saturated carbocycles. The first kappa shape index (κ1) is 23.3. The van der Waals surface area contributed by atoms with E-state index >= 15 is 0 Å². The third kappa shape index (κ3) is 4.63. The van der Waals surface area contributed by atoms with Crippen LogP contribution in [0, 0.1) is 0 Å². The lowest BCUT2D eigenvalue weighted by Gasteiger charge is -2.27. The molecule has 2 aromatic carbocycles.